The van der Waals surface area contributed by atoms with Crippen LogP contribution in [0.4, 0.5) is 0 Å². The number of nitrogens with two attached hydrogens (primary N) is 1. The average molecular weight is 224 g/mol. The molecule has 1 heterocycles. The molecule has 1 aromatic heterocycles. The van der Waals surface area contributed by atoms with Crippen LogP contribution < -0.4 is 5.73 Å². The van der Waals surface area contributed by atoms with Gasteiger partial charge in [0.15, 0.2) is 0 Å². The molecule has 0 aliphatic carbocycles. The molecule has 0 unspecified atom stereocenters. The Labute approximate surface area is 94.5 Å². The molecule has 0 amide bonds. The molecule has 0 saturated carbocycles. The molecular weight excluding hydrogens is 208 g/mol. The van der Waals surface area contributed by atoms with Gasteiger partial charge in [0, 0.05) is 18.0 Å². The van der Waals surface area contributed by atoms with Crippen molar-refractivity contribution in [1.82, 2.24) is 4.90 Å². The van der Waals surface area contributed by atoms with E-state index >= 15 is 0 Å². The fourth-order valence-electron chi connectivity index (χ4n) is 1.18. The van der Waals surface area contributed by atoms with Crippen LogP contribution >= 0.6 is 11.3 Å². The average Bonchev–Trinajstić information content (AvgIpc) is 2.63. The predicted octanol–water partition coefficient (Wildman–Crippen LogP) is 0.482. The van der Waals surface area contributed by atoms with Crippen molar-refractivity contribution in [2.75, 3.05) is 26.7 Å². The first kappa shape index (κ1) is 12.2. The summed E-state index contributed by atoms with van der Waals surface area (Å²) in [6.07, 6.45) is 0. The lowest BCUT2D eigenvalue weighted by molar-refractivity contribution is 0.218. The standard InChI is InChI=1S/C11H16N2OS/c1-13(7-8-14)9-11-5-4-10(15-11)3-2-6-12/h4-5,14H,6-9,12H2,1H3. The number of aliphatic hydroxyl groups excluding tert-OH is 1. The summed E-state index contributed by atoms with van der Waals surface area (Å²) >= 11 is 1.67. The Kier molecular flexibility index (Phi) is 5.37. The smallest absolute Gasteiger partial charge is 0.0772 e. The lowest BCUT2D eigenvalue weighted by Crippen LogP contribution is -2.20. The van der Waals surface area contributed by atoms with Gasteiger partial charge in [-0.3, -0.25) is 4.90 Å². The van der Waals surface area contributed by atoms with Gasteiger partial charge in [-0.1, -0.05) is 11.8 Å². The summed E-state index contributed by atoms with van der Waals surface area (Å²) in [5, 5.41) is 8.76. The van der Waals surface area contributed by atoms with Gasteiger partial charge >= 0.3 is 0 Å². The van der Waals surface area contributed by atoms with E-state index in [0.29, 0.717) is 13.1 Å². The van der Waals surface area contributed by atoms with Gasteiger partial charge in [0.1, 0.15) is 0 Å². The first-order chi connectivity index (χ1) is 7.26. The first-order valence-electron chi connectivity index (χ1n) is 4.83. The van der Waals surface area contributed by atoms with E-state index in [4.69, 9.17) is 10.8 Å². The highest BCUT2D eigenvalue weighted by molar-refractivity contribution is 7.12. The topological polar surface area (TPSA) is 49.5 Å². The Morgan fingerprint density at radius 2 is 2.33 bits per heavy atom. The second kappa shape index (κ2) is 6.59. The van der Waals surface area contributed by atoms with Crippen LogP contribution in [0.25, 0.3) is 0 Å². The fourth-order valence-corrected chi connectivity index (χ4v) is 2.15. The Morgan fingerprint density at radius 1 is 1.53 bits per heavy atom. The van der Waals surface area contributed by atoms with E-state index in [-0.39, 0.29) is 6.61 Å². The molecule has 0 spiro atoms. The molecule has 0 radical (unpaired) electrons. The molecule has 3 nitrogen and oxygen atoms in total. The third-order valence-corrected chi connectivity index (χ3v) is 2.87. The molecule has 0 aromatic carbocycles. The van der Waals surface area contributed by atoms with E-state index in [1.807, 2.05) is 13.1 Å². The van der Waals surface area contributed by atoms with Crippen LogP contribution in [0.15, 0.2) is 12.1 Å². The normalized spacial score (nSPS) is 10.1. The fraction of sp³-hybridized carbons (Fsp3) is 0.455. The summed E-state index contributed by atoms with van der Waals surface area (Å²) < 4.78 is 0. The highest BCUT2D eigenvalue weighted by Gasteiger charge is 2.01. The molecule has 15 heavy (non-hydrogen) atoms. The van der Waals surface area contributed by atoms with Crippen LogP contribution in [0.3, 0.4) is 0 Å². The van der Waals surface area contributed by atoms with Gasteiger partial charge < -0.3 is 10.8 Å². The van der Waals surface area contributed by atoms with Crippen molar-refractivity contribution in [3.05, 3.63) is 21.9 Å². The van der Waals surface area contributed by atoms with Gasteiger partial charge in [-0.25, -0.2) is 0 Å². The SMILES string of the molecule is CN(CCO)Cc1ccc(C#CCN)s1. The first-order valence-corrected chi connectivity index (χ1v) is 5.65. The summed E-state index contributed by atoms with van der Waals surface area (Å²) in [7, 11) is 1.99. The number of rotatable bonds is 4. The van der Waals surface area contributed by atoms with Crippen molar-refractivity contribution in [3.8, 4) is 11.8 Å². The molecule has 3 N–H and O–H groups in total. The number of hydrogen-bond donors (Lipinski definition) is 2. The largest absolute Gasteiger partial charge is 0.395 e. The van der Waals surface area contributed by atoms with Gasteiger partial charge in [0.25, 0.3) is 0 Å². The molecule has 0 aliphatic heterocycles. The monoisotopic (exact) mass is 224 g/mol. The third kappa shape index (κ3) is 4.45. The van der Waals surface area contributed by atoms with Crippen molar-refractivity contribution in [1.29, 1.82) is 0 Å². The van der Waals surface area contributed by atoms with Crippen LogP contribution in [-0.2, 0) is 6.54 Å². The minimum Gasteiger partial charge on any atom is -0.395 e. The molecule has 0 bridgehead atoms. The van der Waals surface area contributed by atoms with Crippen LogP contribution in [-0.4, -0.2) is 36.8 Å². The number of nitrogens with zero attached hydrogens (tertiary/aromatic N) is 1. The second-order valence-electron chi connectivity index (χ2n) is 3.23. The van der Waals surface area contributed by atoms with Gasteiger partial charge in [-0.05, 0) is 19.2 Å². The van der Waals surface area contributed by atoms with E-state index in [1.165, 1.54) is 4.88 Å². The Morgan fingerprint density at radius 3 is 3.00 bits per heavy atom. The van der Waals surface area contributed by atoms with Crippen molar-refractivity contribution >= 4 is 11.3 Å². The maximum Gasteiger partial charge on any atom is 0.0772 e. The maximum absolute atomic E-state index is 8.76. The Bertz CT molecular complexity index is 351. The molecule has 0 saturated heterocycles. The number of thiophene rings is 1. The summed E-state index contributed by atoms with van der Waals surface area (Å²) in [6.45, 7) is 2.15. The van der Waals surface area contributed by atoms with Crippen LogP contribution in [0.2, 0.25) is 0 Å². The van der Waals surface area contributed by atoms with E-state index in [0.717, 1.165) is 11.4 Å². The van der Waals surface area contributed by atoms with Crippen molar-refractivity contribution < 1.29 is 5.11 Å². The molecule has 82 valence electrons. The minimum absolute atomic E-state index is 0.196. The molecular formula is C11H16N2OS. The number of likely N-dealkylation sites (N-methyl/N-ethyl adjacent to an activating group) is 1. The van der Waals surface area contributed by atoms with E-state index < -0.39 is 0 Å². The lowest BCUT2D eigenvalue weighted by Gasteiger charge is -2.12. The van der Waals surface area contributed by atoms with Crippen molar-refractivity contribution in [2.24, 2.45) is 5.73 Å². The zero-order chi connectivity index (χ0) is 11.1. The van der Waals surface area contributed by atoms with Crippen LogP contribution in [0, 0.1) is 11.8 Å². The zero-order valence-electron chi connectivity index (χ0n) is 8.86. The Balaban J connectivity index is 2.52. The van der Waals surface area contributed by atoms with Crippen LogP contribution in [0.5, 0.6) is 0 Å². The highest BCUT2D eigenvalue weighted by Crippen LogP contribution is 2.16. The van der Waals surface area contributed by atoms with Crippen molar-refractivity contribution in [2.45, 2.75) is 6.54 Å². The van der Waals surface area contributed by atoms with Gasteiger partial charge in [0.05, 0.1) is 18.0 Å². The molecule has 0 fully saturated rings. The quantitative estimate of drug-likeness (QED) is 0.732. The Hall–Kier alpha value is -0.860. The highest BCUT2D eigenvalue weighted by atomic mass is 32.1. The molecule has 4 heteroatoms. The third-order valence-electron chi connectivity index (χ3n) is 1.88. The lowest BCUT2D eigenvalue weighted by atomic mass is 10.4. The summed E-state index contributed by atoms with van der Waals surface area (Å²) in [4.78, 5) is 4.38. The molecule has 0 aliphatic rings. The second-order valence-corrected chi connectivity index (χ2v) is 4.40. The molecule has 0 atom stereocenters. The van der Waals surface area contributed by atoms with E-state index in [2.05, 4.69) is 22.8 Å². The molecule has 1 rings (SSSR count). The van der Waals surface area contributed by atoms with Gasteiger partial charge in [-0.2, -0.15) is 0 Å². The number of aliphatic hydroxyl groups is 1. The van der Waals surface area contributed by atoms with Gasteiger partial charge in [-0.15, -0.1) is 11.3 Å². The van der Waals surface area contributed by atoms with E-state index in [1.54, 1.807) is 11.3 Å². The minimum atomic E-state index is 0.196. The summed E-state index contributed by atoms with van der Waals surface area (Å²) in [5.41, 5.74) is 5.30. The zero-order valence-corrected chi connectivity index (χ0v) is 9.68. The number of hydrogen-bond acceptors (Lipinski definition) is 4. The van der Waals surface area contributed by atoms with Gasteiger partial charge in [0.2, 0.25) is 0 Å². The summed E-state index contributed by atoms with van der Waals surface area (Å²) in [6, 6.07) is 4.08. The molecule has 1 aromatic rings. The maximum atomic E-state index is 8.76. The van der Waals surface area contributed by atoms with Crippen LogP contribution in [0.1, 0.15) is 9.75 Å². The predicted molar refractivity (Wildman–Crippen MR) is 63.7 cm³/mol. The summed E-state index contributed by atoms with van der Waals surface area (Å²) in [5.74, 6) is 5.84. The van der Waals surface area contributed by atoms with E-state index in [9.17, 15) is 0 Å². The van der Waals surface area contributed by atoms with Crippen molar-refractivity contribution in [3.63, 3.8) is 0 Å².